The van der Waals surface area contributed by atoms with Gasteiger partial charge in [-0.15, -0.1) is 0 Å². The van der Waals surface area contributed by atoms with Gasteiger partial charge >= 0.3 is 10.8 Å². The second-order valence-corrected chi connectivity index (χ2v) is 4.17. The third-order valence-corrected chi connectivity index (χ3v) is 2.37. The van der Waals surface area contributed by atoms with Crippen molar-refractivity contribution >= 4 is 27.5 Å². The summed E-state index contributed by atoms with van der Waals surface area (Å²) in [6, 6.07) is 7.94. The van der Waals surface area contributed by atoms with E-state index in [-0.39, 0.29) is 12.2 Å². The minimum Gasteiger partial charge on any atom is -0.463 e. The molecule has 17 heavy (non-hydrogen) atoms. The number of carbonyl (C=O) groups is 1. The zero-order valence-corrected chi connectivity index (χ0v) is 10.7. The second-order valence-electron chi connectivity index (χ2n) is 3.17. The van der Waals surface area contributed by atoms with Crippen molar-refractivity contribution in [3.63, 3.8) is 0 Å². The van der Waals surface area contributed by atoms with Gasteiger partial charge in [-0.3, -0.25) is 0 Å². The third-order valence-electron chi connectivity index (χ3n) is 1.94. The van der Waals surface area contributed by atoms with Crippen molar-refractivity contribution in [2.24, 2.45) is 0 Å². The summed E-state index contributed by atoms with van der Waals surface area (Å²) in [6.07, 6.45) is 0.799. The van der Waals surface area contributed by atoms with Crippen LogP contribution < -0.4 is 0 Å². The molecular weight excluding hydrogens is 294 g/mol. The Bertz CT molecular complexity index is 410. The molecule has 0 amide bonds. The monoisotopic (exact) mass is 304 g/mol. The summed E-state index contributed by atoms with van der Waals surface area (Å²) in [5.74, 6) is -0.787. The van der Waals surface area contributed by atoms with Gasteiger partial charge in [-0.25, -0.2) is 4.79 Å². The summed E-state index contributed by atoms with van der Waals surface area (Å²) in [4.78, 5) is 7.94. The molecule has 0 aliphatic heterocycles. The molecule has 1 aromatic rings. The number of halogens is 3. The second kappa shape index (κ2) is 5.91. The number of hydrogen-bond donors (Lipinski definition) is 0. The Morgan fingerprint density at radius 2 is 2.00 bits per heavy atom. The summed E-state index contributed by atoms with van der Waals surface area (Å²) in [5.41, 5.74) is -0.154. The Morgan fingerprint density at radius 3 is 2.47 bits per heavy atom. The highest BCUT2D eigenvalue weighted by Crippen LogP contribution is 2.37. The van der Waals surface area contributed by atoms with Crippen LogP contribution in [0.15, 0.2) is 36.4 Å². The standard InChI is InChI=1S/C12H11BrF2O2/c1-2-17-11(16)8-10(12(13,14)15)9-6-4-3-5-7-9/h3-8H,2H2,1H3/b10-8+. The first kappa shape index (κ1) is 13.8. The average Bonchev–Trinajstić information content (AvgIpc) is 2.26. The first-order valence-corrected chi connectivity index (χ1v) is 5.75. The summed E-state index contributed by atoms with van der Waals surface area (Å²) < 4.78 is 31.2. The fourth-order valence-corrected chi connectivity index (χ4v) is 1.59. The van der Waals surface area contributed by atoms with Crippen molar-refractivity contribution in [2.75, 3.05) is 6.61 Å². The molecule has 0 spiro atoms. The molecule has 0 saturated carbocycles. The van der Waals surface area contributed by atoms with Crippen LogP contribution in [-0.2, 0) is 9.53 Å². The molecule has 0 saturated heterocycles. The first-order chi connectivity index (χ1) is 7.95. The van der Waals surface area contributed by atoms with Gasteiger partial charge < -0.3 is 4.74 Å². The average molecular weight is 305 g/mol. The van der Waals surface area contributed by atoms with Crippen molar-refractivity contribution in [1.29, 1.82) is 0 Å². The SMILES string of the molecule is CCOC(=O)/C=C(\c1ccccc1)C(F)(F)Br. The van der Waals surface area contributed by atoms with Gasteiger partial charge in [0.15, 0.2) is 0 Å². The van der Waals surface area contributed by atoms with Gasteiger partial charge in [0.1, 0.15) is 0 Å². The molecule has 0 radical (unpaired) electrons. The van der Waals surface area contributed by atoms with Gasteiger partial charge in [0.05, 0.1) is 6.61 Å². The van der Waals surface area contributed by atoms with E-state index in [2.05, 4.69) is 20.7 Å². The zero-order valence-electron chi connectivity index (χ0n) is 9.12. The van der Waals surface area contributed by atoms with E-state index in [1.54, 1.807) is 25.1 Å². The van der Waals surface area contributed by atoms with E-state index in [9.17, 15) is 13.6 Å². The van der Waals surface area contributed by atoms with Gasteiger partial charge in [-0.2, -0.15) is 8.78 Å². The number of esters is 1. The molecule has 1 aromatic carbocycles. The van der Waals surface area contributed by atoms with Crippen LogP contribution in [0.1, 0.15) is 12.5 Å². The van der Waals surface area contributed by atoms with E-state index in [4.69, 9.17) is 0 Å². The van der Waals surface area contributed by atoms with Gasteiger partial charge in [0, 0.05) is 11.6 Å². The molecule has 0 aliphatic carbocycles. The van der Waals surface area contributed by atoms with Crippen LogP contribution in [0, 0.1) is 0 Å². The third kappa shape index (κ3) is 4.26. The maximum atomic E-state index is 13.3. The highest BCUT2D eigenvalue weighted by molar-refractivity contribution is 9.10. The van der Waals surface area contributed by atoms with Crippen molar-refractivity contribution in [3.05, 3.63) is 42.0 Å². The fraction of sp³-hybridized carbons (Fsp3) is 0.250. The normalized spacial score (nSPS) is 12.4. The van der Waals surface area contributed by atoms with E-state index in [1.807, 2.05) is 0 Å². The number of hydrogen-bond acceptors (Lipinski definition) is 2. The molecule has 2 nitrogen and oxygen atoms in total. The van der Waals surface area contributed by atoms with E-state index < -0.39 is 16.4 Å². The highest BCUT2D eigenvalue weighted by atomic mass is 79.9. The largest absolute Gasteiger partial charge is 0.463 e. The molecule has 0 bridgehead atoms. The Labute approximate surface area is 106 Å². The molecule has 1 rings (SSSR count). The fourth-order valence-electron chi connectivity index (χ4n) is 1.25. The number of alkyl halides is 3. The molecule has 92 valence electrons. The van der Waals surface area contributed by atoms with Crippen LogP contribution in [-0.4, -0.2) is 17.4 Å². The van der Waals surface area contributed by atoms with Crippen LogP contribution in [0.5, 0.6) is 0 Å². The molecule has 5 heteroatoms. The van der Waals surface area contributed by atoms with Crippen LogP contribution in [0.25, 0.3) is 5.57 Å². The predicted octanol–water partition coefficient (Wildman–Crippen LogP) is 3.62. The topological polar surface area (TPSA) is 26.3 Å². The van der Waals surface area contributed by atoms with Gasteiger partial charge in [-0.05, 0) is 28.4 Å². The van der Waals surface area contributed by atoms with E-state index in [1.165, 1.54) is 12.1 Å². The first-order valence-electron chi connectivity index (χ1n) is 4.96. The number of rotatable bonds is 4. The van der Waals surface area contributed by atoms with Crippen molar-refractivity contribution < 1.29 is 18.3 Å². The summed E-state index contributed by atoms with van der Waals surface area (Å²) in [7, 11) is 0. The molecule has 0 aromatic heterocycles. The van der Waals surface area contributed by atoms with Gasteiger partial charge in [0.25, 0.3) is 0 Å². The molecule has 0 fully saturated rings. The Balaban J connectivity index is 3.10. The van der Waals surface area contributed by atoms with Gasteiger partial charge in [0.2, 0.25) is 0 Å². The van der Waals surface area contributed by atoms with Crippen molar-refractivity contribution in [3.8, 4) is 0 Å². The lowest BCUT2D eigenvalue weighted by Crippen LogP contribution is -2.11. The number of benzene rings is 1. The Kier molecular flexibility index (Phi) is 4.81. The molecule has 0 atom stereocenters. The van der Waals surface area contributed by atoms with E-state index in [0.717, 1.165) is 6.08 Å². The van der Waals surface area contributed by atoms with E-state index >= 15 is 0 Å². The Morgan fingerprint density at radius 1 is 1.41 bits per heavy atom. The lowest BCUT2D eigenvalue weighted by Gasteiger charge is -2.13. The van der Waals surface area contributed by atoms with Crippen molar-refractivity contribution in [1.82, 2.24) is 0 Å². The van der Waals surface area contributed by atoms with Crippen LogP contribution >= 0.6 is 15.9 Å². The Hall–Kier alpha value is -1.23. The van der Waals surface area contributed by atoms with E-state index in [0.29, 0.717) is 0 Å². The maximum Gasteiger partial charge on any atom is 0.331 e. The van der Waals surface area contributed by atoms with Crippen LogP contribution in [0.4, 0.5) is 8.78 Å². The predicted molar refractivity (Wildman–Crippen MR) is 64.9 cm³/mol. The van der Waals surface area contributed by atoms with Gasteiger partial charge in [-0.1, -0.05) is 30.3 Å². The summed E-state index contributed by atoms with van der Waals surface area (Å²) in [5, 5.41) is 0. The summed E-state index contributed by atoms with van der Waals surface area (Å²) in [6.45, 7) is 1.76. The smallest absolute Gasteiger partial charge is 0.331 e. The maximum absolute atomic E-state index is 13.3. The molecular formula is C12H11BrF2O2. The van der Waals surface area contributed by atoms with Crippen LogP contribution in [0.2, 0.25) is 0 Å². The lowest BCUT2D eigenvalue weighted by molar-refractivity contribution is -0.137. The molecule has 0 aliphatic rings. The number of allylic oxidation sites excluding steroid dienone is 1. The molecule has 0 unspecified atom stereocenters. The number of carbonyl (C=O) groups excluding carboxylic acids is 1. The van der Waals surface area contributed by atoms with Crippen molar-refractivity contribution in [2.45, 2.75) is 11.8 Å². The molecule has 0 heterocycles. The minimum atomic E-state index is -3.28. The summed E-state index contributed by atoms with van der Waals surface area (Å²) >= 11 is 2.25. The number of ether oxygens (including phenoxy) is 1. The lowest BCUT2D eigenvalue weighted by atomic mass is 10.1. The molecule has 0 N–H and O–H groups in total. The van der Waals surface area contributed by atoms with Crippen LogP contribution in [0.3, 0.4) is 0 Å². The minimum absolute atomic E-state index is 0.144. The quantitative estimate of drug-likeness (QED) is 0.482. The zero-order chi connectivity index (χ0) is 12.9. The highest BCUT2D eigenvalue weighted by Gasteiger charge is 2.32.